The Labute approximate surface area is 139 Å². The fraction of sp³-hybridized carbons (Fsp3) is 0.294. The Bertz CT molecular complexity index is 681. The van der Waals surface area contributed by atoms with E-state index in [0.29, 0.717) is 23.6 Å². The Hall–Kier alpha value is -2.21. The zero-order chi connectivity index (χ0) is 16.7. The number of unbranched alkanes of at least 4 members (excludes halogenated alkanes) is 1. The second-order valence-electron chi connectivity index (χ2n) is 4.96. The molecule has 0 saturated carbocycles. The van der Waals surface area contributed by atoms with Crippen molar-refractivity contribution in [3.8, 4) is 0 Å². The second-order valence-corrected chi connectivity index (χ2v) is 5.97. The zero-order valence-corrected chi connectivity index (χ0v) is 13.7. The standard InChI is InChI=1S/C17H19NO4S/c1-2-3-9-18-16(19)13-6-4-5-7-15(13)23-11-14-12(17(20)21)8-10-22-14/h4-8,10H,2-3,9,11H2,1H3,(H,18,19)(H,20,21). The molecule has 0 aliphatic heterocycles. The van der Waals surface area contributed by atoms with Crippen LogP contribution >= 0.6 is 11.8 Å². The maximum absolute atomic E-state index is 12.2. The molecule has 2 aromatic rings. The number of furan rings is 1. The van der Waals surface area contributed by atoms with Crippen molar-refractivity contribution in [1.29, 1.82) is 0 Å². The Morgan fingerprint density at radius 1 is 1.22 bits per heavy atom. The van der Waals surface area contributed by atoms with Crippen LogP contribution in [0.3, 0.4) is 0 Å². The van der Waals surface area contributed by atoms with Crippen molar-refractivity contribution in [2.75, 3.05) is 6.54 Å². The van der Waals surface area contributed by atoms with Crippen LogP contribution in [-0.4, -0.2) is 23.5 Å². The first-order chi connectivity index (χ1) is 11.1. The Kier molecular flexibility index (Phi) is 6.29. The number of thioether (sulfide) groups is 1. The third kappa shape index (κ3) is 4.63. The van der Waals surface area contributed by atoms with Gasteiger partial charge in [-0.25, -0.2) is 4.79 Å². The van der Waals surface area contributed by atoms with Gasteiger partial charge in [-0.2, -0.15) is 0 Å². The Balaban J connectivity index is 2.07. The maximum atomic E-state index is 12.2. The molecule has 2 rings (SSSR count). The highest BCUT2D eigenvalue weighted by Crippen LogP contribution is 2.28. The van der Waals surface area contributed by atoms with Crippen LogP contribution < -0.4 is 5.32 Å². The first kappa shape index (κ1) is 17.1. The number of amides is 1. The van der Waals surface area contributed by atoms with Gasteiger partial charge in [0.2, 0.25) is 0 Å². The highest BCUT2D eigenvalue weighted by Gasteiger charge is 2.16. The van der Waals surface area contributed by atoms with Crippen LogP contribution in [0.1, 0.15) is 46.2 Å². The largest absolute Gasteiger partial charge is 0.478 e. The minimum Gasteiger partial charge on any atom is -0.478 e. The average molecular weight is 333 g/mol. The summed E-state index contributed by atoms with van der Waals surface area (Å²) in [5.74, 6) is -0.378. The van der Waals surface area contributed by atoms with Crippen LogP contribution in [-0.2, 0) is 5.75 Å². The van der Waals surface area contributed by atoms with Gasteiger partial charge in [0.05, 0.1) is 17.6 Å². The van der Waals surface area contributed by atoms with E-state index in [0.717, 1.165) is 17.7 Å². The minimum absolute atomic E-state index is 0.112. The van der Waals surface area contributed by atoms with Crippen molar-refractivity contribution in [1.82, 2.24) is 5.32 Å². The molecule has 0 aliphatic carbocycles. The summed E-state index contributed by atoms with van der Waals surface area (Å²) < 4.78 is 5.23. The van der Waals surface area contributed by atoms with Gasteiger partial charge in [-0.15, -0.1) is 11.8 Å². The van der Waals surface area contributed by atoms with Crippen molar-refractivity contribution in [3.05, 3.63) is 53.5 Å². The molecule has 0 bridgehead atoms. The average Bonchev–Trinajstić information content (AvgIpc) is 3.02. The molecular weight excluding hydrogens is 314 g/mol. The quantitative estimate of drug-likeness (QED) is 0.567. The molecule has 0 atom stereocenters. The maximum Gasteiger partial charge on any atom is 0.339 e. The second kappa shape index (κ2) is 8.43. The molecule has 0 spiro atoms. The molecule has 2 N–H and O–H groups in total. The molecule has 1 heterocycles. The molecule has 0 aliphatic rings. The van der Waals surface area contributed by atoms with Crippen LogP contribution in [0.2, 0.25) is 0 Å². The number of carboxylic acids is 1. The predicted molar refractivity (Wildman–Crippen MR) is 88.9 cm³/mol. The molecule has 1 aromatic carbocycles. The fourth-order valence-corrected chi connectivity index (χ4v) is 3.04. The highest BCUT2D eigenvalue weighted by atomic mass is 32.2. The SMILES string of the molecule is CCCCNC(=O)c1ccccc1SCc1occc1C(=O)O. The first-order valence-corrected chi connectivity index (χ1v) is 8.41. The van der Waals surface area contributed by atoms with Gasteiger partial charge in [-0.3, -0.25) is 4.79 Å². The number of nitrogens with one attached hydrogen (secondary N) is 1. The number of hydrogen-bond donors (Lipinski definition) is 2. The van der Waals surface area contributed by atoms with E-state index in [4.69, 9.17) is 9.52 Å². The van der Waals surface area contributed by atoms with Crippen LogP contribution in [0.5, 0.6) is 0 Å². The monoisotopic (exact) mass is 333 g/mol. The normalized spacial score (nSPS) is 10.5. The van der Waals surface area contributed by atoms with Crippen molar-refractivity contribution in [2.24, 2.45) is 0 Å². The van der Waals surface area contributed by atoms with Gasteiger partial charge in [0.15, 0.2) is 0 Å². The minimum atomic E-state index is -1.01. The molecule has 0 saturated heterocycles. The van der Waals surface area contributed by atoms with Gasteiger partial charge in [0.25, 0.3) is 5.91 Å². The molecule has 23 heavy (non-hydrogen) atoms. The van der Waals surface area contributed by atoms with E-state index >= 15 is 0 Å². The van der Waals surface area contributed by atoms with Crippen molar-refractivity contribution in [3.63, 3.8) is 0 Å². The smallest absolute Gasteiger partial charge is 0.339 e. The molecule has 122 valence electrons. The number of aromatic carboxylic acids is 1. The van der Waals surface area contributed by atoms with E-state index in [-0.39, 0.29) is 11.5 Å². The van der Waals surface area contributed by atoms with Gasteiger partial charge >= 0.3 is 5.97 Å². The summed E-state index contributed by atoms with van der Waals surface area (Å²) in [6.07, 6.45) is 3.32. The van der Waals surface area contributed by atoms with Gasteiger partial charge < -0.3 is 14.8 Å². The van der Waals surface area contributed by atoms with Crippen molar-refractivity contribution in [2.45, 2.75) is 30.4 Å². The lowest BCUT2D eigenvalue weighted by Crippen LogP contribution is -2.24. The van der Waals surface area contributed by atoms with Crippen LogP contribution in [0.4, 0.5) is 0 Å². The van der Waals surface area contributed by atoms with E-state index in [1.54, 1.807) is 6.07 Å². The van der Waals surface area contributed by atoms with Gasteiger partial charge in [0.1, 0.15) is 11.3 Å². The number of hydrogen-bond acceptors (Lipinski definition) is 4. The molecule has 0 fully saturated rings. The Morgan fingerprint density at radius 3 is 2.74 bits per heavy atom. The first-order valence-electron chi connectivity index (χ1n) is 7.43. The number of carbonyl (C=O) groups is 2. The number of carbonyl (C=O) groups excluding carboxylic acids is 1. The molecule has 0 radical (unpaired) electrons. The predicted octanol–water partition coefficient (Wildman–Crippen LogP) is 3.80. The third-order valence-electron chi connectivity index (χ3n) is 3.28. The van der Waals surface area contributed by atoms with E-state index in [2.05, 4.69) is 12.2 Å². The third-order valence-corrected chi connectivity index (χ3v) is 4.36. The van der Waals surface area contributed by atoms with Crippen molar-refractivity contribution < 1.29 is 19.1 Å². The summed E-state index contributed by atoms with van der Waals surface area (Å²) in [5.41, 5.74) is 0.749. The van der Waals surface area contributed by atoms with Gasteiger partial charge in [0, 0.05) is 11.4 Å². The summed E-state index contributed by atoms with van der Waals surface area (Å²) >= 11 is 1.39. The van der Waals surface area contributed by atoms with Crippen LogP contribution in [0, 0.1) is 0 Å². The fourth-order valence-electron chi connectivity index (χ4n) is 2.04. The summed E-state index contributed by atoms with van der Waals surface area (Å²) in [6.45, 7) is 2.72. The molecule has 1 aromatic heterocycles. The van der Waals surface area contributed by atoms with Crippen LogP contribution in [0.25, 0.3) is 0 Å². The number of rotatable bonds is 8. The lowest BCUT2D eigenvalue weighted by molar-refractivity contribution is 0.0694. The molecule has 6 heteroatoms. The highest BCUT2D eigenvalue weighted by molar-refractivity contribution is 7.98. The van der Waals surface area contributed by atoms with E-state index in [9.17, 15) is 9.59 Å². The topological polar surface area (TPSA) is 79.5 Å². The molecule has 5 nitrogen and oxygen atoms in total. The van der Waals surface area contributed by atoms with Gasteiger partial charge in [-0.1, -0.05) is 25.5 Å². The van der Waals surface area contributed by atoms with Gasteiger partial charge in [-0.05, 0) is 24.6 Å². The summed E-state index contributed by atoms with van der Waals surface area (Å²) in [5, 5.41) is 12.0. The molecule has 0 unspecified atom stereocenters. The summed E-state index contributed by atoms with van der Waals surface area (Å²) in [7, 11) is 0. The lowest BCUT2D eigenvalue weighted by Gasteiger charge is -2.09. The van der Waals surface area contributed by atoms with Crippen LogP contribution in [0.15, 0.2) is 45.9 Å². The summed E-state index contributed by atoms with van der Waals surface area (Å²) in [6, 6.07) is 8.72. The lowest BCUT2D eigenvalue weighted by atomic mass is 10.2. The number of carboxylic acid groups (broad SMARTS) is 1. The van der Waals surface area contributed by atoms with E-state index in [1.165, 1.54) is 24.1 Å². The van der Waals surface area contributed by atoms with E-state index in [1.807, 2.05) is 18.2 Å². The molecule has 1 amide bonds. The van der Waals surface area contributed by atoms with Crippen molar-refractivity contribution >= 4 is 23.6 Å². The Morgan fingerprint density at radius 2 is 2.00 bits per heavy atom. The zero-order valence-electron chi connectivity index (χ0n) is 12.9. The number of benzene rings is 1. The van der Waals surface area contributed by atoms with E-state index < -0.39 is 5.97 Å². The summed E-state index contributed by atoms with van der Waals surface area (Å²) in [4.78, 5) is 24.1. The molecular formula is C17H19NO4S.